The Morgan fingerprint density at radius 3 is 2.53 bits per heavy atom. The minimum Gasteiger partial charge on any atom is -0.402 e. The van der Waals surface area contributed by atoms with Crippen molar-refractivity contribution in [2.24, 2.45) is 5.73 Å². The number of nitrogen functional groups attached to an aromatic ring is 1. The first kappa shape index (κ1) is 11.7. The topological polar surface area (TPSA) is 67.8 Å². The van der Waals surface area contributed by atoms with Crippen LogP contribution in [-0.2, 0) is 0 Å². The number of rotatable bonds is 2. The largest absolute Gasteiger partial charge is 0.402 e. The van der Waals surface area contributed by atoms with Crippen LogP contribution in [0.25, 0.3) is 6.08 Å². The molecule has 1 saturated carbocycles. The Labute approximate surface area is 91.6 Å². The third-order valence-corrected chi connectivity index (χ3v) is 2.30. The molecule has 2 rings (SSSR count). The van der Waals surface area contributed by atoms with Crippen molar-refractivity contribution in [3.63, 3.8) is 0 Å². The zero-order valence-corrected chi connectivity index (χ0v) is 9.80. The zero-order chi connectivity index (χ0) is 11.4. The van der Waals surface area contributed by atoms with Gasteiger partial charge in [-0.05, 0) is 37.8 Å². The normalized spacial score (nSPS) is 15.8. The fourth-order valence-electron chi connectivity index (χ4n) is 1.49. The van der Waals surface area contributed by atoms with Crippen LogP contribution in [0, 0.1) is 0 Å². The Morgan fingerprint density at radius 2 is 2.07 bits per heavy atom. The van der Waals surface area contributed by atoms with E-state index in [0.717, 1.165) is 17.1 Å². The maximum atomic E-state index is 5.80. The van der Waals surface area contributed by atoms with Crippen LogP contribution < -0.4 is 11.5 Å². The summed E-state index contributed by atoms with van der Waals surface area (Å²) in [6.07, 6.45) is 4.47. The summed E-state index contributed by atoms with van der Waals surface area (Å²) in [4.78, 5) is 3.19. The number of hydrogen-bond donors (Lipinski definition) is 3. The molecule has 1 aliphatic rings. The van der Waals surface area contributed by atoms with Gasteiger partial charge in [-0.25, -0.2) is 0 Å². The van der Waals surface area contributed by atoms with E-state index in [0.29, 0.717) is 5.92 Å². The first-order chi connectivity index (χ1) is 7.16. The second kappa shape index (κ2) is 4.91. The standard InChI is InChI=1S/C10H15N3.C2H6/c1-6(11)4-8-5-9(7-2-3-7)13-10(8)12;1-2/h4-5,7,13H,2-3,11-12H2,1H3;1-2H3/b6-4-;. The Bertz CT molecular complexity index is 342. The predicted octanol–water partition coefficient (Wildman–Crippen LogP) is 2.82. The third kappa shape index (κ3) is 3.05. The van der Waals surface area contributed by atoms with Crippen molar-refractivity contribution in [1.82, 2.24) is 4.98 Å². The highest BCUT2D eigenvalue weighted by Gasteiger charge is 2.25. The molecule has 1 aromatic rings. The van der Waals surface area contributed by atoms with E-state index in [1.165, 1.54) is 18.5 Å². The van der Waals surface area contributed by atoms with Gasteiger partial charge in [-0.3, -0.25) is 0 Å². The van der Waals surface area contributed by atoms with Crippen molar-refractivity contribution in [2.75, 3.05) is 5.73 Å². The van der Waals surface area contributed by atoms with Crippen molar-refractivity contribution in [3.05, 3.63) is 23.0 Å². The minimum absolute atomic E-state index is 0.711. The molecular formula is C12H21N3. The van der Waals surface area contributed by atoms with Crippen molar-refractivity contribution >= 4 is 11.9 Å². The molecule has 1 aliphatic carbocycles. The zero-order valence-electron chi connectivity index (χ0n) is 9.80. The van der Waals surface area contributed by atoms with Gasteiger partial charge in [0.05, 0.1) is 0 Å². The lowest BCUT2D eigenvalue weighted by Gasteiger charge is -1.91. The van der Waals surface area contributed by atoms with Crippen LogP contribution in [0.5, 0.6) is 0 Å². The minimum atomic E-state index is 0.711. The van der Waals surface area contributed by atoms with Gasteiger partial charge in [0, 0.05) is 17.0 Å². The molecule has 1 aromatic heterocycles. The number of H-pyrrole nitrogens is 1. The van der Waals surface area contributed by atoms with Gasteiger partial charge in [0.15, 0.2) is 0 Å². The van der Waals surface area contributed by atoms with E-state index in [-0.39, 0.29) is 0 Å². The van der Waals surface area contributed by atoms with E-state index in [1.54, 1.807) is 0 Å². The molecule has 1 fully saturated rings. The van der Waals surface area contributed by atoms with Crippen molar-refractivity contribution in [1.29, 1.82) is 0 Å². The van der Waals surface area contributed by atoms with E-state index in [1.807, 2.05) is 26.8 Å². The summed E-state index contributed by atoms with van der Waals surface area (Å²) < 4.78 is 0. The summed E-state index contributed by atoms with van der Waals surface area (Å²) >= 11 is 0. The van der Waals surface area contributed by atoms with Gasteiger partial charge in [0.1, 0.15) is 5.82 Å². The monoisotopic (exact) mass is 207 g/mol. The predicted molar refractivity (Wildman–Crippen MR) is 66.4 cm³/mol. The molecule has 1 heterocycles. The number of nitrogens with two attached hydrogens (primary N) is 2. The molecule has 0 radical (unpaired) electrons. The van der Waals surface area contributed by atoms with Crippen LogP contribution >= 0.6 is 0 Å². The lowest BCUT2D eigenvalue weighted by atomic mass is 10.2. The van der Waals surface area contributed by atoms with E-state index in [9.17, 15) is 0 Å². The second-order valence-electron chi connectivity index (χ2n) is 3.76. The average Bonchev–Trinajstić information content (AvgIpc) is 2.97. The van der Waals surface area contributed by atoms with Crippen molar-refractivity contribution in [2.45, 2.75) is 39.5 Å². The van der Waals surface area contributed by atoms with Gasteiger partial charge < -0.3 is 16.5 Å². The first-order valence-electron chi connectivity index (χ1n) is 5.59. The Hall–Kier alpha value is -1.38. The molecule has 0 amide bonds. The quantitative estimate of drug-likeness (QED) is 0.698. The number of anilines is 1. The Kier molecular flexibility index (Phi) is 3.83. The van der Waals surface area contributed by atoms with Gasteiger partial charge in [0.25, 0.3) is 0 Å². The molecule has 0 aliphatic heterocycles. The maximum Gasteiger partial charge on any atom is 0.108 e. The molecule has 0 atom stereocenters. The Balaban J connectivity index is 0.000000531. The van der Waals surface area contributed by atoms with E-state index >= 15 is 0 Å². The summed E-state index contributed by atoms with van der Waals surface area (Å²) in [5.41, 5.74) is 14.4. The van der Waals surface area contributed by atoms with E-state index in [4.69, 9.17) is 11.5 Å². The highest BCUT2D eigenvalue weighted by molar-refractivity contribution is 5.64. The highest BCUT2D eigenvalue weighted by Crippen LogP contribution is 2.40. The molecule has 0 bridgehead atoms. The van der Waals surface area contributed by atoms with Gasteiger partial charge >= 0.3 is 0 Å². The number of aromatic nitrogens is 1. The number of hydrogen-bond acceptors (Lipinski definition) is 2. The summed E-state index contributed by atoms with van der Waals surface area (Å²) in [6.45, 7) is 5.86. The first-order valence-corrected chi connectivity index (χ1v) is 5.59. The van der Waals surface area contributed by atoms with Crippen LogP contribution in [-0.4, -0.2) is 4.98 Å². The summed E-state index contributed by atoms with van der Waals surface area (Å²) in [7, 11) is 0. The summed E-state index contributed by atoms with van der Waals surface area (Å²) in [5.74, 6) is 1.44. The SMILES string of the molecule is C/C(N)=C/c1cc(C2CC2)[nH]c1N.CC. The van der Waals surface area contributed by atoms with Gasteiger partial charge in [-0.1, -0.05) is 13.8 Å². The number of allylic oxidation sites excluding steroid dienone is 1. The molecule has 15 heavy (non-hydrogen) atoms. The van der Waals surface area contributed by atoms with Gasteiger partial charge in [0.2, 0.25) is 0 Å². The highest BCUT2D eigenvalue weighted by atomic mass is 14.9. The third-order valence-electron chi connectivity index (χ3n) is 2.30. The molecule has 0 spiro atoms. The van der Waals surface area contributed by atoms with Crippen LogP contribution in [0.1, 0.15) is 50.8 Å². The second-order valence-corrected chi connectivity index (χ2v) is 3.76. The summed E-state index contributed by atoms with van der Waals surface area (Å²) in [5, 5.41) is 0. The smallest absolute Gasteiger partial charge is 0.108 e. The lowest BCUT2D eigenvalue weighted by molar-refractivity contribution is 1.05. The van der Waals surface area contributed by atoms with Crippen molar-refractivity contribution in [3.8, 4) is 0 Å². The number of aromatic amines is 1. The van der Waals surface area contributed by atoms with Crippen LogP contribution in [0.15, 0.2) is 11.8 Å². The van der Waals surface area contributed by atoms with Crippen LogP contribution in [0.3, 0.4) is 0 Å². The van der Waals surface area contributed by atoms with Gasteiger partial charge in [-0.15, -0.1) is 0 Å². The molecule has 3 heteroatoms. The molecule has 0 unspecified atom stereocenters. The lowest BCUT2D eigenvalue weighted by Crippen LogP contribution is -1.91. The molecule has 0 saturated heterocycles. The molecule has 3 nitrogen and oxygen atoms in total. The van der Waals surface area contributed by atoms with E-state index < -0.39 is 0 Å². The molecular weight excluding hydrogens is 186 g/mol. The Morgan fingerprint density at radius 1 is 1.47 bits per heavy atom. The van der Waals surface area contributed by atoms with Crippen molar-refractivity contribution < 1.29 is 0 Å². The fourth-order valence-corrected chi connectivity index (χ4v) is 1.49. The molecule has 5 N–H and O–H groups in total. The van der Waals surface area contributed by atoms with Gasteiger partial charge in [-0.2, -0.15) is 0 Å². The van der Waals surface area contributed by atoms with E-state index in [2.05, 4.69) is 11.1 Å². The van der Waals surface area contributed by atoms with Crippen LogP contribution in [0.4, 0.5) is 5.82 Å². The number of nitrogens with one attached hydrogen (secondary N) is 1. The van der Waals surface area contributed by atoms with Crippen LogP contribution in [0.2, 0.25) is 0 Å². The maximum absolute atomic E-state index is 5.80. The molecule has 0 aromatic carbocycles. The average molecular weight is 207 g/mol. The molecule has 84 valence electrons. The fraction of sp³-hybridized carbons (Fsp3) is 0.500. The summed E-state index contributed by atoms with van der Waals surface area (Å²) in [6, 6.07) is 2.10.